The van der Waals surface area contributed by atoms with Gasteiger partial charge in [0.15, 0.2) is 0 Å². The van der Waals surface area contributed by atoms with Crippen molar-refractivity contribution in [2.24, 2.45) is 0 Å². The van der Waals surface area contributed by atoms with Crippen LogP contribution in [0.3, 0.4) is 0 Å². The van der Waals surface area contributed by atoms with Gasteiger partial charge in [-0.15, -0.1) is 0 Å². The van der Waals surface area contributed by atoms with Crippen molar-refractivity contribution in [3.05, 3.63) is 0 Å². The molecule has 0 saturated carbocycles. The first-order valence-electron chi connectivity index (χ1n) is 4.33. The Labute approximate surface area is 67.1 Å². The average Bonchev–Trinajstić information content (AvgIpc) is 1.91. The molecule has 10 heavy (non-hydrogen) atoms. The third-order valence-electron chi connectivity index (χ3n) is 1.92. The first-order chi connectivity index (χ1) is 4.76. The first-order valence-corrected chi connectivity index (χ1v) is 6.49. The molecule has 0 aliphatic carbocycles. The van der Waals surface area contributed by atoms with Gasteiger partial charge in [0.05, 0.1) is 0 Å². The summed E-state index contributed by atoms with van der Waals surface area (Å²) in [6.45, 7) is 11.7. The highest BCUT2D eigenvalue weighted by molar-refractivity contribution is 6.54. The van der Waals surface area contributed by atoms with Crippen LogP contribution in [-0.4, -0.2) is 26.6 Å². The number of nitrogens with zero attached hydrogens (tertiary/aromatic N) is 1. The molecular formula is C8H20NSi. The molecule has 1 radical (unpaired) electrons. The van der Waals surface area contributed by atoms with E-state index in [4.69, 9.17) is 0 Å². The maximum Gasteiger partial charge on any atom is 0.133 e. The summed E-state index contributed by atoms with van der Waals surface area (Å²) in [5, 5.41) is 0. The molecular weight excluding hydrogens is 138 g/mol. The standard InChI is InChI=1S/C8H20NSi/c1-5-8-10(4)9(6-2)7-3/h5-8H2,1-4H3. The molecule has 0 aromatic heterocycles. The molecule has 0 aromatic carbocycles. The van der Waals surface area contributed by atoms with Gasteiger partial charge in [0, 0.05) is 0 Å². The smallest absolute Gasteiger partial charge is 0.133 e. The van der Waals surface area contributed by atoms with Crippen LogP contribution in [0.5, 0.6) is 0 Å². The minimum Gasteiger partial charge on any atom is -0.325 e. The molecule has 0 atom stereocenters. The lowest BCUT2D eigenvalue weighted by Crippen LogP contribution is -2.36. The van der Waals surface area contributed by atoms with Gasteiger partial charge in [-0.25, -0.2) is 0 Å². The van der Waals surface area contributed by atoms with Gasteiger partial charge in [0.25, 0.3) is 0 Å². The Balaban J connectivity index is 3.53. The van der Waals surface area contributed by atoms with Crippen LogP contribution in [0.1, 0.15) is 27.2 Å². The molecule has 2 heteroatoms. The van der Waals surface area contributed by atoms with Crippen LogP contribution in [0, 0.1) is 0 Å². The Morgan fingerprint density at radius 2 is 1.60 bits per heavy atom. The highest BCUT2D eigenvalue weighted by Gasteiger charge is 2.09. The summed E-state index contributed by atoms with van der Waals surface area (Å²) in [6.07, 6.45) is 1.35. The summed E-state index contributed by atoms with van der Waals surface area (Å²) in [4.78, 5) is 0. The van der Waals surface area contributed by atoms with Crippen LogP contribution < -0.4 is 0 Å². The first kappa shape index (κ1) is 10.2. The van der Waals surface area contributed by atoms with E-state index in [0.29, 0.717) is 0 Å². The Bertz CT molecular complexity index is 71.7. The van der Waals surface area contributed by atoms with E-state index in [0.717, 1.165) is 0 Å². The lowest BCUT2D eigenvalue weighted by atomic mass is 10.6. The van der Waals surface area contributed by atoms with E-state index in [1.165, 1.54) is 25.6 Å². The van der Waals surface area contributed by atoms with Gasteiger partial charge in [-0.05, 0) is 19.1 Å². The highest BCUT2D eigenvalue weighted by atomic mass is 28.3. The molecule has 0 aromatic rings. The Morgan fingerprint density at radius 3 is 1.90 bits per heavy atom. The molecule has 1 nitrogen and oxygen atoms in total. The van der Waals surface area contributed by atoms with Crippen LogP contribution in [-0.2, 0) is 0 Å². The van der Waals surface area contributed by atoms with Gasteiger partial charge in [0.1, 0.15) is 8.96 Å². The molecule has 0 aliphatic heterocycles. The summed E-state index contributed by atoms with van der Waals surface area (Å²) >= 11 is 0. The molecule has 0 saturated heterocycles. The molecule has 61 valence electrons. The van der Waals surface area contributed by atoms with Crippen molar-refractivity contribution in [3.8, 4) is 0 Å². The SMILES string of the molecule is CCC[Si](C)N(CC)CC. The second kappa shape index (κ2) is 5.92. The zero-order valence-electron chi connectivity index (χ0n) is 7.78. The normalized spacial score (nSPS) is 11.4. The van der Waals surface area contributed by atoms with Crippen LogP contribution in [0.4, 0.5) is 0 Å². The summed E-state index contributed by atoms with van der Waals surface area (Å²) in [7, 11) is -0.147. The third-order valence-corrected chi connectivity index (χ3v) is 4.85. The van der Waals surface area contributed by atoms with Gasteiger partial charge < -0.3 is 4.57 Å². The van der Waals surface area contributed by atoms with E-state index in [9.17, 15) is 0 Å². The summed E-state index contributed by atoms with van der Waals surface area (Å²) in [6, 6.07) is 1.44. The summed E-state index contributed by atoms with van der Waals surface area (Å²) < 4.78 is 2.61. The van der Waals surface area contributed by atoms with Crippen molar-refractivity contribution >= 4 is 8.96 Å². The molecule has 0 N–H and O–H groups in total. The molecule has 0 amide bonds. The van der Waals surface area contributed by atoms with Crippen molar-refractivity contribution in [3.63, 3.8) is 0 Å². The van der Waals surface area contributed by atoms with Gasteiger partial charge in [-0.1, -0.05) is 33.7 Å². The predicted octanol–water partition coefficient (Wildman–Crippen LogP) is 2.36. The monoisotopic (exact) mass is 158 g/mol. The minimum atomic E-state index is -0.147. The number of hydrogen-bond acceptors (Lipinski definition) is 1. The molecule has 0 fully saturated rings. The maximum atomic E-state index is 2.61. The van der Waals surface area contributed by atoms with E-state index < -0.39 is 0 Å². The van der Waals surface area contributed by atoms with E-state index in [1.54, 1.807) is 0 Å². The average molecular weight is 158 g/mol. The Morgan fingerprint density at radius 1 is 1.10 bits per heavy atom. The van der Waals surface area contributed by atoms with Crippen LogP contribution in [0.25, 0.3) is 0 Å². The van der Waals surface area contributed by atoms with Gasteiger partial charge in [0.2, 0.25) is 0 Å². The lowest BCUT2D eigenvalue weighted by Gasteiger charge is -2.23. The largest absolute Gasteiger partial charge is 0.325 e. The fraction of sp³-hybridized carbons (Fsp3) is 1.00. The fourth-order valence-electron chi connectivity index (χ4n) is 1.28. The van der Waals surface area contributed by atoms with Gasteiger partial charge in [-0.2, -0.15) is 0 Å². The zero-order chi connectivity index (χ0) is 7.98. The molecule has 0 unspecified atom stereocenters. The zero-order valence-corrected chi connectivity index (χ0v) is 8.78. The topological polar surface area (TPSA) is 3.24 Å². The number of rotatable bonds is 5. The maximum absolute atomic E-state index is 2.61. The van der Waals surface area contributed by atoms with E-state index in [1.807, 2.05) is 0 Å². The van der Waals surface area contributed by atoms with Crippen molar-refractivity contribution in [2.75, 3.05) is 13.1 Å². The second-order valence-corrected chi connectivity index (χ2v) is 5.26. The second-order valence-electron chi connectivity index (χ2n) is 2.66. The molecule has 0 bridgehead atoms. The van der Waals surface area contributed by atoms with Gasteiger partial charge in [-0.3, -0.25) is 0 Å². The lowest BCUT2D eigenvalue weighted by molar-refractivity contribution is 0.478. The highest BCUT2D eigenvalue weighted by Crippen LogP contribution is 2.02. The molecule has 0 aliphatic rings. The van der Waals surface area contributed by atoms with Crippen LogP contribution >= 0.6 is 0 Å². The summed E-state index contributed by atoms with van der Waals surface area (Å²) in [5.74, 6) is 0. The van der Waals surface area contributed by atoms with Gasteiger partial charge >= 0.3 is 0 Å². The van der Waals surface area contributed by atoms with E-state index in [2.05, 4.69) is 31.9 Å². The number of hydrogen-bond donors (Lipinski definition) is 0. The third kappa shape index (κ3) is 3.37. The van der Waals surface area contributed by atoms with E-state index in [-0.39, 0.29) is 8.96 Å². The van der Waals surface area contributed by atoms with Crippen LogP contribution in [0.2, 0.25) is 12.6 Å². The van der Waals surface area contributed by atoms with Crippen molar-refractivity contribution in [1.82, 2.24) is 4.57 Å². The quantitative estimate of drug-likeness (QED) is 0.555. The molecule has 0 rings (SSSR count). The Kier molecular flexibility index (Phi) is 6.03. The van der Waals surface area contributed by atoms with Crippen molar-refractivity contribution < 1.29 is 0 Å². The van der Waals surface area contributed by atoms with E-state index >= 15 is 0 Å². The predicted molar refractivity (Wildman–Crippen MR) is 49.6 cm³/mol. The minimum absolute atomic E-state index is 0.147. The molecule has 0 heterocycles. The fourth-order valence-corrected chi connectivity index (χ4v) is 3.40. The van der Waals surface area contributed by atoms with Crippen molar-refractivity contribution in [1.29, 1.82) is 0 Å². The summed E-state index contributed by atoms with van der Waals surface area (Å²) in [5.41, 5.74) is 0. The Hall–Kier alpha value is 0.177. The molecule has 0 spiro atoms. The van der Waals surface area contributed by atoms with Crippen molar-refractivity contribution in [2.45, 2.75) is 39.8 Å². The van der Waals surface area contributed by atoms with Crippen LogP contribution in [0.15, 0.2) is 0 Å².